The maximum Gasteiger partial charge on any atom is 0.414 e. The van der Waals surface area contributed by atoms with E-state index in [1.807, 2.05) is 0 Å². The van der Waals surface area contributed by atoms with E-state index >= 15 is 0 Å². The summed E-state index contributed by atoms with van der Waals surface area (Å²) in [7, 11) is 0. The lowest BCUT2D eigenvalue weighted by Gasteiger charge is -2.19. The van der Waals surface area contributed by atoms with Crippen LogP contribution in [-0.2, 0) is 11.2 Å². The Morgan fingerprint density at radius 3 is 2.70 bits per heavy atom. The topological polar surface area (TPSA) is 81.2 Å². The predicted molar refractivity (Wildman–Crippen MR) is 73.8 cm³/mol. The lowest BCUT2D eigenvalue weighted by Crippen LogP contribution is -2.28. The highest BCUT2D eigenvalue weighted by Gasteiger charge is 2.20. The Labute approximate surface area is 118 Å². The van der Waals surface area contributed by atoms with E-state index in [0.717, 1.165) is 19.3 Å². The van der Waals surface area contributed by atoms with Crippen LogP contribution in [0.1, 0.15) is 56.1 Å². The van der Waals surface area contributed by atoms with Crippen LogP contribution in [0, 0.1) is 0 Å². The number of carbonyl (C=O) groups is 2. The first-order valence-electron chi connectivity index (χ1n) is 6.74. The van der Waals surface area contributed by atoms with Gasteiger partial charge in [0.15, 0.2) is 5.78 Å². The summed E-state index contributed by atoms with van der Waals surface area (Å²) in [5.74, 6) is 0.244. The molecule has 0 radical (unpaired) electrons. The van der Waals surface area contributed by atoms with Crippen LogP contribution in [0.3, 0.4) is 0 Å². The van der Waals surface area contributed by atoms with Gasteiger partial charge in [-0.05, 0) is 40.0 Å². The number of fused-ring (bicyclic) bond motifs is 1. The van der Waals surface area contributed by atoms with Gasteiger partial charge in [0.2, 0.25) is 5.95 Å². The normalized spacial score (nSPS) is 15.2. The number of hydrogen-bond acceptors (Lipinski definition) is 5. The molecule has 1 aliphatic rings. The van der Waals surface area contributed by atoms with Gasteiger partial charge in [0, 0.05) is 12.6 Å². The third-order valence-electron chi connectivity index (χ3n) is 2.85. The van der Waals surface area contributed by atoms with Crippen LogP contribution in [-0.4, -0.2) is 27.4 Å². The Balaban J connectivity index is 2.13. The number of Topliss-reactive ketones (excluding diaryl/α,β-unsaturated/α-hetero) is 1. The number of hydrogen-bond donors (Lipinski definition) is 1. The molecule has 0 fully saturated rings. The van der Waals surface area contributed by atoms with Crippen LogP contribution in [0.15, 0.2) is 6.20 Å². The van der Waals surface area contributed by atoms with Gasteiger partial charge in [0.1, 0.15) is 5.60 Å². The zero-order valence-electron chi connectivity index (χ0n) is 12.0. The first kappa shape index (κ1) is 14.4. The van der Waals surface area contributed by atoms with Crippen molar-refractivity contribution >= 4 is 17.8 Å². The molecule has 1 N–H and O–H groups in total. The molecule has 6 heteroatoms. The quantitative estimate of drug-likeness (QED) is 0.798. The van der Waals surface area contributed by atoms with Crippen molar-refractivity contribution in [3.8, 4) is 0 Å². The minimum atomic E-state index is -0.600. The van der Waals surface area contributed by atoms with Crippen molar-refractivity contribution in [3.05, 3.63) is 17.5 Å². The van der Waals surface area contributed by atoms with Crippen molar-refractivity contribution in [2.45, 2.75) is 52.1 Å². The van der Waals surface area contributed by atoms with Crippen molar-refractivity contribution in [2.24, 2.45) is 0 Å². The van der Waals surface area contributed by atoms with Crippen molar-refractivity contribution in [1.82, 2.24) is 9.97 Å². The summed E-state index contributed by atoms with van der Waals surface area (Å²) < 4.78 is 5.13. The summed E-state index contributed by atoms with van der Waals surface area (Å²) in [6.07, 6.45) is 3.94. The molecular weight excluding hydrogens is 258 g/mol. The van der Waals surface area contributed by atoms with Gasteiger partial charge in [-0.1, -0.05) is 0 Å². The summed E-state index contributed by atoms with van der Waals surface area (Å²) in [6, 6.07) is 0. The van der Waals surface area contributed by atoms with E-state index in [0.29, 0.717) is 17.7 Å². The second-order valence-electron chi connectivity index (χ2n) is 5.81. The molecule has 0 aromatic carbocycles. The molecule has 108 valence electrons. The van der Waals surface area contributed by atoms with E-state index in [4.69, 9.17) is 4.74 Å². The summed E-state index contributed by atoms with van der Waals surface area (Å²) in [5.41, 5.74) is 0.692. The van der Waals surface area contributed by atoms with E-state index in [9.17, 15) is 9.59 Å². The molecule has 0 aliphatic heterocycles. The number of ether oxygens (including phenoxy) is 1. The summed E-state index contributed by atoms with van der Waals surface area (Å²) in [4.78, 5) is 31.7. The molecule has 2 rings (SSSR count). The molecular formula is C14H19N3O3. The number of aryl methyl sites for hydroxylation is 1. The average molecular weight is 277 g/mol. The van der Waals surface area contributed by atoms with E-state index in [2.05, 4.69) is 15.3 Å². The third kappa shape index (κ3) is 3.76. The van der Waals surface area contributed by atoms with Crippen molar-refractivity contribution in [1.29, 1.82) is 0 Å². The maximum absolute atomic E-state index is 11.8. The zero-order valence-corrected chi connectivity index (χ0v) is 12.0. The second-order valence-corrected chi connectivity index (χ2v) is 5.81. The minimum absolute atomic E-state index is 0.0707. The standard InChI is InChI=1S/C14H19N3O3/c1-14(2,3)20-13(19)17-12-15-8-9-10(16-12)6-4-5-7-11(9)18/h8H,4-7H2,1-3H3,(H,15,16,17,19). The fourth-order valence-corrected chi connectivity index (χ4v) is 2.01. The summed E-state index contributed by atoms with van der Waals surface area (Å²) >= 11 is 0. The van der Waals surface area contributed by atoms with Gasteiger partial charge in [-0.3, -0.25) is 10.1 Å². The van der Waals surface area contributed by atoms with Crippen LogP contribution in [0.25, 0.3) is 0 Å². The molecule has 1 heterocycles. The minimum Gasteiger partial charge on any atom is -0.444 e. The Morgan fingerprint density at radius 2 is 2.00 bits per heavy atom. The summed E-state index contributed by atoms with van der Waals surface area (Å²) in [6.45, 7) is 5.34. The molecule has 1 aromatic rings. The molecule has 1 aromatic heterocycles. The molecule has 0 atom stereocenters. The average Bonchev–Trinajstić information content (AvgIpc) is 2.49. The van der Waals surface area contributed by atoms with Crippen LogP contribution < -0.4 is 5.32 Å². The van der Waals surface area contributed by atoms with E-state index in [1.54, 1.807) is 20.8 Å². The molecule has 20 heavy (non-hydrogen) atoms. The van der Waals surface area contributed by atoms with Gasteiger partial charge in [-0.15, -0.1) is 0 Å². The first-order chi connectivity index (χ1) is 9.35. The van der Waals surface area contributed by atoms with Gasteiger partial charge >= 0.3 is 6.09 Å². The Hall–Kier alpha value is -1.98. The van der Waals surface area contributed by atoms with Gasteiger partial charge in [-0.2, -0.15) is 0 Å². The van der Waals surface area contributed by atoms with Gasteiger partial charge < -0.3 is 4.74 Å². The van der Waals surface area contributed by atoms with Gasteiger partial charge in [0.05, 0.1) is 11.3 Å². The molecule has 1 aliphatic carbocycles. The number of anilines is 1. The lowest BCUT2D eigenvalue weighted by molar-refractivity contribution is 0.0634. The number of aromatic nitrogens is 2. The molecule has 0 spiro atoms. The molecule has 0 unspecified atom stereocenters. The van der Waals surface area contributed by atoms with Crippen LogP contribution in [0.2, 0.25) is 0 Å². The van der Waals surface area contributed by atoms with E-state index in [-0.39, 0.29) is 11.7 Å². The highest BCUT2D eigenvalue weighted by Crippen LogP contribution is 2.19. The summed E-state index contributed by atoms with van der Waals surface area (Å²) in [5, 5.41) is 2.49. The van der Waals surface area contributed by atoms with E-state index < -0.39 is 11.7 Å². The highest BCUT2D eigenvalue weighted by atomic mass is 16.6. The third-order valence-corrected chi connectivity index (χ3v) is 2.85. The van der Waals surface area contributed by atoms with Crippen molar-refractivity contribution in [2.75, 3.05) is 5.32 Å². The molecule has 0 bridgehead atoms. The number of nitrogens with zero attached hydrogens (tertiary/aromatic N) is 2. The number of rotatable bonds is 1. The van der Waals surface area contributed by atoms with Crippen LogP contribution in [0.5, 0.6) is 0 Å². The number of carbonyl (C=O) groups excluding carboxylic acids is 2. The van der Waals surface area contributed by atoms with Crippen LogP contribution >= 0.6 is 0 Å². The molecule has 0 saturated heterocycles. The molecule has 6 nitrogen and oxygen atoms in total. The van der Waals surface area contributed by atoms with Gasteiger partial charge in [-0.25, -0.2) is 14.8 Å². The van der Waals surface area contributed by atoms with Crippen molar-refractivity contribution in [3.63, 3.8) is 0 Å². The number of amides is 1. The van der Waals surface area contributed by atoms with Crippen molar-refractivity contribution < 1.29 is 14.3 Å². The monoisotopic (exact) mass is 277 g/mol. The zero-order chi connectivity index (χ0) is 14.8. The predicted octanol–water partition coefficient (Wildman–Crippen LogP) is 2.73. The maximum atomic E-state index is 11.8. The Morgan fingerprint density at radius 1 is 1.30 bits per heavy atom. The largest absolute Gasteiger partial charge is 0.444 e. The molecule has 1 amide bonds. The fraction of sp³-hybridized carbons (Fsp3) is 0.571. The molecule has 0 saturated carbocycles. The SMILES string of the molecule is CC(C)(C)OC(=O)Nc1ncc2c(n1)CCCCC2=O. The number of ketones is 1. The Bertz CT molecular complexity index is 535. The Kier molecular flexibility index (Phi) is 4.01. The number of nitrogens with one attached hydrogen (secondary N) is 1. The second kappa shape index (κ2) is 5.56. The highest BCUT2D eigenvalue weighted by molar-refractivity contribution is 5.97. The fourth-order valence-electron chi connectivity index (χ4n) is 2.01. The first-order valence-corrected chi connectivity index (χ1v) is 6.74. The van der Waals surface area contributed by atoms with Gasteiger partial charge in [0.25, 0.3) is 0 Å². The lowest BCUT2D eigenvalue weighted by atomic mass is 10.1. The van der Waals surface area contributed by atoms with Crippen LogP contribution in [0.4, 0.5) is 10.7 Å². The van der Waals surface area contributed by atoms with E-state index in [1.165, 1.54) is 6.20 Å². The smallest absolute Gasteiger partial charge is 0.414 e.